The molecule has 0 saturated heterocycles. The van der Waals surface area contributed by atoms with Crippen LogP contribution in [0.2, 0.25) is 0 Å². The highest BCUT2D eigenvalue weighted by Gasteiger charge is 2.56. The Bertz CT molecular complexity index is 1200. The van der Waals surface area contributed by atoms with Gasteiger partial charge in [0.05, 0.1) is 19.4 Å². The standard InChI is InChI=1S/C24H22IN3O4/c1-3-32-23(30)20-19-21(28(26-20)17-8-10-18(31-2)11-9-17)22(29)27(14-24(19)12-13-24)16-6-4-15(25)5-7-16/h4-11H,3,12-14H2,1-2H3. The molecule has 3 aromatic rings. The predicted molar refractivity (Wildman–Crippen MR) is 128 cm³/mol. The summed E-state index contributed by atoms with van der Waals surface area (Å²) in [5, 5.41) is 4.62. The number of aromatic nitrogens is 2. The number of nitrogens with zero attached hydrogens (tertiary/aromatic N) is 3. The first-order valence-corrected chi connectivity index (χ1v) is 11.6. The topological polar surface area (TPSA) is 73.7 Å². The molecular formula is C24H22IN3O4. The Kier molecular flexibility index (Phi) is 5.19. The van der Waals surface area contributed by atoms with Crippen molar-refractivity contribution in [1.82, 2.24) is 9.78 Å². The van der Waals surface area contributed by atoms with Gasteiger partial charge in [-0.15, -0.1) is 0 Å². The van der Waals surface area contributed by atoms with Gasteiger partial charge in [0.15, 0.2) is 5.69 Å². The quantitative estimate of drug-likeness (QED) is 0.354. The van der Waals surface area contributed by atoms with Crippen molar-refractivity contribution in [2.75, 3.05) is 25.2 Å². The number of ether oxygens (including phenoxy) is 2. The number of fused-ring (bicyclic) bond motifs is 2. The van der Waals surface area contributed by atoms with Crippen LogP contribution in [0, 0.1) is 3.57 Å². The van der Waals surface area contributed by atoms with E-state index in [-0.39, 0.29) is 23.6 Å². The fraction of sp³-hybridized carbons (Fsp3) is 0.292. The number of hydrogen-bond donors (Lipinski definition) is 0. The molecule has 8 heteroatoms. The van der Waals surface area contributed by atoms with Crippen LogP contribution in [0.5, 0.6) is 5.75 Å². The first kappa shape index (κ1) is 21.0. The van der Waals surface area contributed by atoms with Gasteiger partial charge < -0.3 is 14.4 Å². The second kappa shape index (κ2) is 7.91. The number of carbonyl (C=O) groups is 2. The van der Waals surface area contributed by atoms with Crippen molar-refractivity contribution in [3.63, 3.8) is 0 Å². The zero-order chi connectivity index (χ0) is 22.5. The summed E-state index contributed by atoms with van der Waals surface area (Å²) < 4.78 is 13.3. The number of rotatable bonds is 5. The average molecular weight is 543 g/mol. The van der Waals surface area contributed by atoms with Crippen molar-refractivity contribution in [3.8, 4) is 11.4 Å². The molecule has 1 spiro atoms. The van der Waals surface area contributed by atoms with Crippen LogP contribution in [0.15, 0.2) is 48.5 Å². The van der Waals surface area contributed by atoms with Crippen LogP contribution < -0.4 is 9.64 Å². The minimum Gasteiger partial charge on any atom is -0.497 e. The van der Waals surface area contributed by atoms with Crippen molar-refractivity contribution in [1.29, 1.82) is 0 Å². The Morgan fingerprint density at radius 3 is 2.34 bits per heavy atom. The summed E-state index contributed by atoms with van der Waals surface area (Å²) in [6, 6.07) is 15.2. The van der Waals surface area contributed by atoms with E-state index in [0.717, 1.165) is 27.7 Å². The highest BCUT2D eigenvalue weighted by Crippen LogP contribution is 2.54. The van der Waals surface area contributed by atoms with Gasteiger partial charge in [-0.3, -0.25) is 4.79 Å². The second-order valence-electron chi connectivity index (χ2n) is 8.05. The molecule has 2 aliphatic rings. The lowest BCUT2D eigenvalue weighted by Gasteiger charge is -2.33. The van der Waals surface area contributed by atoms with E-state index in [1.54, 1.807) is 18.7 Å². The highest BCUT2D eigenvalue weighted by atomic mass is 127. The van der Waals surface area contributed by atoms with Crippen LogP contribution in [0.3, 0.4) is 0 Å². The van der Waals surface area contributed by atoms with Crippen LogP contribution in [-0.2, 0) is 10.2 Å². The zero-order valence-corrected chi connectivity index (χ0v) is 20.0. The number of amides is 1. The van der Waals surface area contributed by atoms with E-state index in [1.165, 1.54) is 0 Å². The number of anilines is 1. The van der Waals surface area contributed by atoms with Crippen molar-refractivity contribution in [2.24, 2.45) is 0 Å². The molecule has 7 nitrogen and oxygen atoms in total. The van der Waals surface area contributed by atoms with Gasteiger partial charge in [-0.25, -0.2) is 9.48 Å². The molecule has 0 unspecified atom stereocenters. The molecule has 1 aliphatic heterocycles. The van der Waals surface area contributed by atoms with Gasteiger partial charge in [-0.1, -0.05) is 0 Å². The summed E-state index contributed by atoms with van der Waals surface area (Å²) in [6.07, 6.45) is 1.80. The molecule has 0 N–H and O–H groups in total. The molecule has 1 fully saturated rings. The summed E-state index contributed by atoms with van der Waals surface area (Å²) in [5.74, 6) is 0.0429. The molecule has 0 atom stereocenters. The molecule has 1 aliphatic carbocycles. The fourth-order valence-electron chi connectivity index (χ4n) is 4.34. The third-order valence-electron chi connectivity index (χ3n) is 6.10. The number of benzene rings is 2. The Morgan fingerprint density at radius 1 is 1.09 bits per heavy atom. The normalized spacial score (nSPS) is 16.1. The maximum atomic E-state index is 13.8. The number of halogens is 1. The van der Waals surface area contributed by atoms with Gasteiger partial charge in [0.25, 0.3) is 5.91 Å². The predicted octanol–water partition coefficient (Wildman–Crippen LogP) is 4.35. The lowest BCUT2D eigenvalue weighted by atomic mass is 9.88. The van der Waals surface area contributed by atoms with Gasteiger partial charge in [0.1, 0.15) is 11.4 Å². The Balaban J connectivity index is 1.69. The molecule has 32 heavy (non-hydrogen) atoms. The highest BCUT2D eigenvalue weighted by molar-refractivity contribution is 14.1. The second-order valence-corrected chi connectivity index (χ2v) is 9.30. The summed E-state index contributed by atoms with van der Waals surface area (Å²) in [5.41, 5.74) is 2.64. The number of esters is 1. The van der Waals surface area contributed by atoms with Gasteiger partial charge in [-0.2, -0.15) is 5.10 Å². The molecule has 0 radical (unpaired) electrons. The maximum absolute atomic E-state index is 13.8. The smallest absolute Gasteiger partial charge is 0.359 e. The van der Waals surface area contributed by atoms with Crippen molar-refractivity contribution in [3.05, 3.63) is 69.1 Å². The summed E-state index contributed by atoms with van der Waals surface area (Å²) >= 11 is 2.25. The van der Waals surface area contributed by atoms with E-state index in [2.05, 4.69) is 27.7 Å². The first-order chi connectivity index (χ1) is 15.5. The Labute approximate surface area is 199 Å². The van der Waals surface area contributed by atoms with E-state index < -0.39 is 5.97 Å². The Hall–Kier alpha value is -2.88. The lowest BCUT2D eigenvalue weighted by Crippen LogP contribution is -2.44. The van der Waals surface area contributed by atoms with E-state index in [0.29, 0.717) is 23.7 Å². The molecule has 1 aromatic heterocycles. The van der Waals surface area contributed by atoms with Gasteiger partial charge in [0.2, 0.25) is 0 Å². The van der Waals surface area contributed by atoms with Crippen LogP contribution in [0.1, 0.15) is 46.3 Å². The van der Waals surface area contributed by atoms with Crippen molar-refractivity contribution >= 4 is 40.2 Å². The molecule has 1 amide bonds. The number of carbonyl (C=O) groups excluding carboxylic acids is 2. The number of hydrogen-bond acceptors (Lipinski definition) is 5. The minimum absolute atomic E-state index is 0.169. The van der Waals surface area contributed by atoms with E-state index >= 15 is 0 Å². The molecule has 1 saturated carbocycles. The van der Waals surface area contributed by atoms with E-state index in [1.807, 2.05) is 53.4 Å². The first-order valence-electron chi connectivity index (χ1n) is 10.5. The minimum atomic E-state index is -0.488. The molecule has 0 bridgehead atoms. The van der Waals surface area contributed by atoms with Gasteiger partial charge >= 0.3 is 5.97 Å². The SMILES string of the molecule is CCOC(=O)c1nn(-c2ccc(OC)cc2)c2c1C1(CC1)CN(c1ccc(I)cc1)C2=O. The third-order valence-corrected chi connectivity index (χ3v) is 6.82. The molecular weight excluding hydrogens is 521 g/mol. The third kappa shape index (κ3) is 3.37. The number of methoxy groups -OCH3 is 1. The average Bonchev–Trinajstić information content (AvgIpc) is 3.45. The summed E-state index contributed by atoms with van der Waals surface area (Å²) in [6.45, 7) is 2.54. The monoisotopic (exact) mass is 543 g/mol. The van der Waals surface area contributed by atoms with E-state index in [4.69, 9.17) is 9.47 Å². The lowest BCUT2D eigenvalue weighted by molar-refractivity contribution is 0.0516. The van der Waals surface area contributed by atoms with Gasteiger partial charge in [-0.05, 0) is 90.9 Å². The molecule has 2 heterocycles. The van der Waals surface area contributed by atoms with Gasteiger partial charge in [0, 0.05) is 26.8 Å². The maximum Gasteiger partial charge on any atom is 0.359 e. The van der Waals surface area contributed by atoms with Crippen LogP contribution in [0.25, 0.3) is 5.69 Å². The molecule has 5 rings (SSSR count). The van der Waals surface area contributed by atoms with E-state index in [9.17, 15) is 9.59 Å². The molecule has 2 aromatic carbocycles. The molecule has 164 valence electrons. The summed E-state index contributed by atoms with van der Waals surface area (Å²) in [4.78, 5) is 28.5. The fourth-order valence-corrected chi connectivity index (χ4v) is 4.70. The summed E-state index contributed by atoms with van der Waals surface area (Å²) in [7, 11) is 1.60. The van der Waals surface area contributed by atoms with Crippen LogP contribution in [0.4, 0.5) is 5.69 Å². The zero-order valence-electron chi connectivity index (χ0n) is 17.8. The van der Waals surface area contributed by atoms with Crippen LogP contribution >= 0.6 is 22.6 Å². The van der Waals surface area contributed by atoms with Crippen LogP contribution in [-0.4, -0.2) is 41.9 Å². The van der Waals surface area contributed by atoms with Crippen molar-refractivity contribution < 1.29 is 19.1 Å². The van der Waals surface area contributed by atoms with Crippen molar-refractivity contribution in [2.45, 2.75) is 25.2 Å². The largest absolute Gasteiger partial charge is 0.497 e. The Morgan fingerprint density at radius 2 is 1.75 bits per heavy atom.